The topological polar surface area (TPSA) is 193 Å². The molecule has 0 aliphatic rings. The zero-order chi connectivity index (χ0) is 38.5. The van der Waals surface area contributed by atoms with Gasteiger partial charge in [0.2, 0.25) is 17.6 Å². The van der Waals surface area contributed by atoms with Gasteiger partial charge in [0.25, 0.3) is 0 Å². The predicted octanol–water partition coefficient (Wildman–Crippen LogP) is 6.70. The molecule has 0 saturated carbocycles. The van der Waals surface area contributed by atoms with Crippen molar-refractivity contribution in [1.82, 2.24) is 29.3 Å². The summed E-state index contributed by atoms with van der Waals surface area (Å²) in [4.78, 5) is 32.7. The van der Waals surface area contributed by atoms with Crippen LogP contribution in [-0.2, 0) is 0 Å². The Labute approximate surface area is 307 Å². The van der Waals surface area contributed by atoms with Crippen molar-refractivity contribution in [3.63, 3.8) is 0 Å². The second kappa shape index (κ2) is 18.5. The monoisotopic (exact) mass is 748 g/mol. The lowest BCUT2D eigenvalue weighted by Gasteiger charge is -2.08. The molecular weight excluding hydrogens is 715 g/mol. The number of ether oxygens (including phenoxy) is 3. The lowest BCUT2D eigenvalue weighted by molar-refractivity contribution is 0.0679. The Morgan fingerprint density at radius 2 is 0.962 bits per heavy atom. The first-order valence-corrected chi connectivity index (χ1v) is 16.3. The fourth-order valence-corrected chi connectivity index (χ4v) is 4.72. The zero-order valence-corrected chi connectivity index (χ0v) is 29.3. The largest absolute Gasteiger partial charge is 0.478 e. The Hall–Kier alpha value is -6.68. The van der Waals surface area contributed by atoms with Crippen LogP contribution in [0.25, 0.3) is 17.1 Å². The van der Waals surface area contributed by atoms with Gasteiger partial charge in [0.1, 0.15) is 11.5 Å². The molecule has 0 bridgehead atoms. The highest BCUT2D eigenvalue weighted by molar-refractivity contribution is 6.32. The first-order valence-electron chi connectivity index (χ1n) is 15.9. The maximum absolute atomic E-state index is 13.6. The normalized spacial score (nSPS) is 10.3. The lowest BCUT2D eigenvalue weighted by Crippen LogP contribution is -2.05. The first kappa shape index (κ1) is 39.1. The second-order valence-electron chi connectivity index (χ2n) is 10.3. The Morgan fingerprint density at radius 1 is 0.585 bits per heavy atom. The molecule has 0 atom stereocenters. The molecule has 276 valence electrons. The van der Waals surface area contributed by atoms with Gasteiger partial charge in [-0.15, -0.1) is 0 Å². The molecule has 0 unspecified atom stereocenters. The van der Waals surface area contributed by atoms with Crippen LogP contribution in [0.2, 0.25) is 5.02 Å². The molecule has 6 rings (SSSR count). The van der Waals surface area contributed by atoms with Crippen LogP contribution >= 0.6 is 11.6 Å². The highest BCUT2D eigenvalue weighted by atomic mass is 35.5. The second-order valence-corrected chi connectivity index (χ2v) is 10.7. The summed E-state index contributed by atoms with van der Waals surface area (Å²) in [5.74, 6) is -2.90. The van der Waals surface area contributed by atoms with Crippen molar-refractivity contribution in [3.8, 4) is 34.7 Å². The predicted molar refractivity (Wildman–Crippen MR) is 190 cm³/mol. The number of aromatic nitrogens is 6. The molecule has 15 nitrogen and oxygen atoms in total. The van der Waals surface area contributed by atoms with E-state index in [0.29, 0.717) is 42.3 Å². The number of halogens is 2. The van der Waals surface area contributed by atoms with Gasteiger partial charge in [0, 0.05) is 18.2 Å². The van der Waals surface area contributed by atoms with Gasteiger partial charge >= 0.3 is 17.9 Å². The fraction of sp³-hybridized carbons (Fsp3) is 0.167. The van der Waals surface area contributed by atoms with Crippen molar-refractivity contribution in [2.75, 3.05) is 19.8 Å². The lowest BCUT2D eigenvalue weighted by atomic mass is 10.3. The van der Waals surface area contributed by atoms with Crippen LogP contribution < -0.4 is 14.2 Å². The minimum Gasteiger partial charge on any atom is -0.478 e. The van der Waals surface area contributed by atoms with Gasteiger partial charge in [-0.1, -0.05) is 54.1 Å². The molecule has 3 heterocycles. The SMILES string of the molecule is CCOc1cc(C(=O)O)nn1-c1ccccc1.CCOc1cc(C(=O)O)nn1-c1ccccc1Cl.CCOc1cc(C(=O)O)nn1-c1ccccc1F. The molecule has 0 saturated heterocycles. The number of rotatable bonds is 12. The van der Waals surface area contributed by atoms with Gasteiger partial charge in [-0.25, -0.2) is 23.5 Å². The van der Waals surface area contributed by atoms with E-state index in [2.05, 4.69) is 15.3 Å². The summed E-state index contributed by atoms with van der Waals surface area (Å²) in [5.41, 5.74) is 1.18. The van der Waals surface area contributed by atoms with E-state index in [4.69, 9.17) is 41.1 Å². The quantitative estimate of drug-likeness (QED) is 0.120. The van der Waals surface area contributed by atoms with Crippen LogP contribution in [-0.4, -0.2) is 82.4 Å². The maximum atomic E-state index is 13.6. The Morgan fingerprint density at radius 3 is 1.40 bits per heavy atom. The van der Waals surface area contributed by atoms with Crippen LogP contribution in [0.4, 0.5) is 4.39 Å². The van der Waals surface area contributed by atoms with Crippen LogP contribution in [0, 0.1) is 5.82 Å². The van der Waals surface area contributed by atoms with Crippen molar-refractivity contribution >= 4 is 29.5 Å². The third kappa shape index (κ3) is 9.98. The Balaban J connectivity index is 0.000000178. The number of hydrogen-bond donors (Lipinski definition) is 3. The van der Waals surface area contributed by atoms with Crippen molar-refractivity contribution in [2.24, 2.45) is 0 Å². The molecule has 0 amide bonds. The van der Waals surface area contributed by atoms with Gasteiger partial charge in [-0.05, 0) is 57.2 Å². The molecule has 17 heteroatoms. The smallest absolute Gasteiger partial charge is 0.356 e. The summed E-state index contributed by atoms with van der Waals surface area (Å²) in [6.45, 7) is 6.60. The van der Waals surface area contributed by atoms with E-state index in [1.165, 1.54) is 39.7 Å². The number of carboxylic acids is 3. The third-order valence-electron chi connectivity index (χ3n) is 6.73. The molecule has 0 fully saturated rings. The Kier molecular flexibility index (Phi) is 13.7. The summed E-state index contributed by atoms with van der Waals surface area (Å²) in [7, 11) is 0. The molecule has 0 aliphatic heterocycles. The number of carboxylic acid groups (broad SMARTS) is 3. The van der Waals surface area contributed by atoms with Crippen LogP contribution in [0.15, 0.2) is 97.1 Å². The van der Waals surface area contributed by atoms with Crippen molar-refractivity contribution < 1.29 is 48.3 Å². The summed E-state index contributed by atoms with van der Waals surface area (Å²) in [6.07, 6.45) is 0. The molecule has 0 radical (unpaired) electrons. The highest BCUT2D eigenvalue weighted by Gasteiger charge is 2.19. The average molecular weight is 749 g/mol. The molecule has 3 N–H and O–H groups in total. The highest BCUT2D eigenvalue weighted by Crippen LogP contribution is 2.26. The van der Waals surface area contributed by atoms with Gasteiger partial charge in [-0.2, -0.15) is 24.7 Å². The van der Waals surface area contributed by atoms with E-state index >= 15 is 0 Å². The van der Waals surface area contributed by atoms with E-state index in [0.717, 1.165) is 10.4 Å². The van der Waals surface area contributed by atoms with Crippen molar-refractivity contribution in [3.05, 3.63) is 125 Å². The summed E-state index contributed by atoms with van der Waals surface area (Å²) in [5, 5.41) is 39.0. The van der Waals surface area contributed by atoms with Gasteiger partial charge in [-0.3, -0.25) is 0 Å². The molecule has 0 spiro atoms. The van der Waals surface area contributed by atoms with Gasteiger partial charge in [0.05, 0.1) is 36.2 Å². The van der Waals surface area contributed by atoms with Gasteiger partial charge < -0.3 is 29.5 Å². The molecule has 3 aromatic heterocycles. The summed E-state index contributed by atoms with van der Waals surface area (Å²) in [6, 6.07) is 26.3. The van der Waals surface area contributed by atoms with E-state index in [-0.39, 0.29) is 28.6 Å². The van der Waals surface area contributed by atoms with Crippen LogP contribution in [0.5, 0.6) is 17.6 Å². The number of nitrogens with zero attached hydrogens (tertiary/aromatic N) is 6. The van der Waals surface area contributed by atoms with Crippen LogP contribution in [0.1, 0.15) is 52.2 Å². The number of aromatic carboxylic acids is 3. The number of hydrogen-bond acceptors (Lipinski definition) is 9. The van der Waals surface area contributed by atoms with Crippen molar-refractivity contribution in [1.29, 1.82) is 0 Å². The number of para-hydroxylation sites is 3. The molecular formula is C36H34ClFN6O9. The molecule has 6 aromatic rings. The standard InChI is InChI=1S/C12H11ClN2O3.C12H11FN2O3.C12H12N2O3/c2*1-2-18-11-7-9(12(16)17)14-15(11)10-6-4-3-5-8(10)13;1-2-17-11-8-10(12(15)16)13-14(11)9-6-4-3-5-7-9/h2*3-7H,2H2,1H3,(H,16,17);3-8H,2H2,1H3,(H,15,16). The Bertz CT molecular complexity index is 2060. The number of benzene rings is 3. The van der Waals surface area contributed by atoms with Crippen molar-refractivity contribution in [2.45, 2.75) is 20.8 Å². The molecule has 3 aromatic carbocycles. The first-order chi connectivity index (χ1) is 25.5. The maximum Gasteiger partial charge on any atom is 0.356 e. The van der Waals surface area contributed by atoms with Gasteiger partial charge in [0.15, 0.2) is 17.1 Å². The van der Waals surface area contributed by atoms with Crippen LogP contribution in [0.3, 0.4) is 0 Å². The summed E-state index contributed by atoms with van der Waals surface area (Å²) >= 11 is 6.06. The molecule has 53 heavy (non-hydrogen) atoms. The van der Waals surface area contributed by atoms with E-state index in [1.54, 1.807) is 43.3 Å². The average Bonchev–Trinajstić information content (AvgIpc) is 3.88. The minimum absolute atomic E-state index is 0.0303. The zero-order valence-electron chi connectivity index (χ0n) is 28.6. The van der Waals surface area contributed by atoms with E-state index < -0.39 is 23.7 Å². The fourth-order valence-electron chi connectivity index (χ4n) is 4.50. The third-order valence-corrected chi connectivity index (χ3v) is 7.05. The molecule has 0 aliphatic carbocycles. The number of carbonyl (C=O) groups is 3. The minimum atomic E-state index is -1.19. The van der Waals surface area contributed by atoms with E-state index in [9.17, 15) is 18.8 Å². The van der Waals surface area contributed by atoms with E-state index in [1.807, 2.05) is 44.2 Å². The summed E-state index contributed by atoms with van der Waals surface area (Å²) < 4.78 is 33.6.